The predicted octanol–water partition coefficient (Wildman–Crippen LogP) is 0.510. The first-order valence-corrected chi connectivity index (χ1v) is 3.98. The van der Waals surface area contributed by atoms with E-state index in [1.165, 1.54) is 5.22 Å². The Morgan fingerprint density at radius 3 is 3.17 bits per heavy atom. The molecule has 0 saturated carbocycles. The number of aromatic amines is 1. The maximum absolute atomic E-state index is 5.16. The van der Waals surface area contributed by atoms with Gasteiger partial charge in [-0.05, 0) is 23.4 Å². The molecule has 0 spiro atoms. The summed E-state index contributed by atoms with van der Waals surface area (Å²) in [5.41, 5.74) is 0. The number of H-pyrrole nitrogens is 1. The molecular weight excluding hydrogens is 150 g/mol. The molecule has 1 N–H and O–H groups in total. The minimum absolute atomic E-state index is 0.873. The van der Waals surface area contributed by atoms with Gasteiger partial charge < -0.3 is 9.72 Å². The molecule has 0 fully saturated rings. The summed E-state index contributed by atoms with van der Waals surface area (Å²) in [5, 5.41) is 2.40. The molecule has 2 nitrogen and oxygen atoms in total. The topological polar surface area (TPSA) is 25.0 Å². The number of rotatable bonds is 1. The highest BCUT2D eigenvalue weighted by Crippen LogP contribution is 2.03. The van der Waals surface area contributed by atoms with Gasteiger partial charge >= 0.3 is 0 Å². The van der Waals surface area contributed by atoms with Gasteiger partial charge in [-0.2, -0.15) is 0 Å². The van der Waals surface area contributed by atoms with Crippen LogP contribution in [0.2, 0.25) is 0 Å². The molecule has 1 aliphatic carbocycles. The molecule has 0 atom stereocenters. The van der Waals surface area contributed by atoms with E-state index in [1.807, 2.05) is 18.3 Å². The SMILES string of the molecule is COC1=CC=c2[nH]ccc2=CC1. The van der Waals surface area contributed by atoms with E-state index in [0.29, 0.717) is 0 Å². The van der Waals surface area contributed by atoms with E-state index < -0.39 is 0 Å². The fourth-order valence-corrected chi connectivity index (χ4v) is 1.32. The van der Waals surface area contributed by atoms with Crippen LogP contribution in [-0.4, -0.2) is 12.1 Å². The van der Waals surface area contributed by atoms with Gasteiger partial charge in [-0.1, -0.05) is 6.08 Å². The van der Waals surface area contributed by atoms with E-state index in [2.05, 4.69) is 17.1 Å². The van der Waals surface area contributed by atoms with Gasteiger partial charge in [0.1, 0.15) is 0 Å². The van der Waals surface area contributed by atoms with Crippen LogP contribution in [0, 0.1) is 0 Å². The second kappa shape index (κ2) is 2.89. The summed E-state index contributed by atoms with van der Waals surface area (Å²) >= 11 is 0. The summed E-state index contributed by atoms with van der Waals surface area (Å²) in [4.78, 5) is 3.16. The smallest absolute Gasteiger partial charge is 0.0994 e. The van der Waals surface area contributed by atoms with Crippen molar-refractivity contribution < 1.29 is 4.74 Å². The van der Waals surface area contributed by atoms with Gasteiger partial charge in [0.05, 0.1) is 12.9 Å². The van der Waals surface area contributed by atoms with Crippen molar-refractivity contribution >= 4 is 12.2 Å². The van der Waals surface area contributed by atoms with Crippen LogP contribution in [0.25, 0.3) is 12.2 Å². The molecule has 1 aromatic rings. The predicted molar refractivity (Wildman–Crippen MR) is 48.7 cm³/mol. The first-order chi connectivity index (χ1) is 5.90. The molecule has 62 valence electrons. The van der Waals surface area contributed by atoms with Crippen molar-refractivity contribution in [3.63, 3.8) is 0 Å². The van der Waals surface area contributed by atoms with Crippen molar-refractivity contribution in [2.45, 2.75) is 6.42 Å². The number of hydrogen-bond acceptors (Lipinski definition) is 1. The molecule has 0 unspecified atom stereocenters. The fraction of sp³-hybridized carbons (Fsp3) is 0.200. The zero-order chi connectivity index (χ0) is 8.39. The largest absolute Gasteiger partial charge is 0.501 e. The lowest BCUT2D eigenvalue weighted by atomic mass is 10.3. The van der Waals surface area contributed by atoms with Gasteiger partial charge in [0.2, 0.25) is 0 Å². The molecule has 12 heavy (non-hydrogen) atoms. The van der Waals surface area contributed by atoms with Crippen molar-refractivity contribution in [3.05, 3.63) is 34.7 Å². The number of aromatic nitrogens is 1. The summed E-state index contributed by atoms with van der Waals surface area (Å²) in [5.74, 6) is 1.000. The Bertz CT molecular complexity index is 411. The van der Waals surface area contributed by atoms with Gasteiger partial charge in [-0.3, -0.25) is 0 Å². The molecule has 2 rings (SSSR count). The molecule has 2 heteroatoms. The minimum atomic E-state index is 0.873. The third-order valence-electron chi connectivity index (χ3n) is 2.03. The van der Waals surface area contributed by atoms with Gasteiger partial charge in [0, 0.05) is 18.0 Å². The first kappa shape index (κ1) is 7.22. The summed E-state index contributed by atoms with van der Waals surface area (Å²) in [6, 6.07) is 2.07. The van der Waals surface area contributed by atoms with Crippen LogP contribution >= 0.6 is 0 Å². The normalized spacial score (nSPS) is 14.9. The fourth-order valence-electron chi connectivity index (χ4n) is 1.32. The number of ether oxygens (including phenoxy) is 1. The van der Waals surface area contributed by atoms with Gasteiger partial charge in [-0.25, -0.2) is 0 Å². The lowest BCUT2D eigenvalue weighted by Gasteiger charge is -1.98. The molecule has 0 aromatic carbocycles. The van der Waals surface area contributed by atoms with Crippen LogP contribution in [-0.2, 0) is 4.74 Å². The Balaban J connectivity index is 2.54. The monoisotopic (exact) mass is 161 g/mol. The van der Waals surface area contributed by atoms with Crippen molar-refractivity contribution in [2.75, 3.05) is 7.11 Å². The Kier molecular flexibility index (Phi) is 1.74. The summed E-state index contributed by atoms with van der Waals surface area (Å²) in [6.07, 6.45) is 9.02. The summed E-state index contributed by atoms with van der Waals surface area (Å²) in [7, 11) is 1.70. The van der Waals surface area contributed by atoms with Crippen LogP contribution in [0.15, 0.2) is 24.1 Å². The van der Waals surface area contributed by atoms with E-state index in [9.17, 15) is 0 Å². The van der Waals surface area contributed by atoms with E-state index in [0.717, 1.165) is 17.5 Å². The van der Waals surface area contributed by atoms with Crippen molar-refractivity contribution in [2.24, 2.45) is 0 Å². The van der Waals surface area contributed by atoms with E-state index >= 15 is 0 Å². The Morgan fingerprint density at radius 1 is 1.42 bits per heavy atom. The average molecular weight is 161 g/mol. The maximum Gasteiger partial charge on any atom is 0.0994 e. The van der Waals surface area contributed by atoms with Gasteiger partial charge in [0.25, 0.3) is 0 Å². The van der Waals surface area contributed by atoms with E-state index in [4.69, 9.17) is 4.74 Å². The standard InChI is InChI=1S/C10H11NO/c1-12-9-3-2-8-6-7-11-10(8)5-4-9/h2,4-7,11H,3H2,1H3. The Labute approximate surface area is 70.9 Å². The van der Waals surface area contributed by atoms with Crippen LogP contribution in [0.1, 0.15) is 6.42 Å². The zero-order valence-electron chi connectivity index (χ0n) is 7.00. The van der Waals surface area contributed by atoms with Crippen LogP contribution < -0.4 is 10.6 Å². The van der Waals surface area contributed by atoms with Crippen molar-refractivity contribution in [3.8, 4) is 0 Å². The van der Waals surface area contributed by atoms with Crippen molar-refractivity contribution in [1.29, 1.82) is 0 Å². The number of nitrogens with one attached hydrogen (secondary N) is 1. The summed E-state index contributed by atoms with van der Waals surface area (Å²) in [6.45, 7) is 0. The molecule has 1 aliphatic rings. The van der Waals surface area contributed by atoms with Gasteiger partial charge in [-0.15, -0.1) is 0 Å². The lowest BCUT2D eigenvalue weighted by Crippen LogP contribution is -2.20. The van der Waals surface area contributed by atoms with Crippen molar-refractivity contribution in [1.82, 2.24) is 4.98 Å². The van der Waals surface area contributed by atoms with Gasteiger partial charge in [0.15, 0.2) is 0 Å². The number of methoxy groups -OCH3 is 1. The summed E-state index contributed by atoms with van der Waals surface area (Å²) < 4.78 is 5.16. The average Bonchev–Trinajstić information content (AvgIpc) is 2.46. The molecule has 1 aromatic heterocycles. The maximum atomic E-state index is 5.16. The number of hydrogen-bond donors (Lipinski definition) is 1. The Hall–Kier alpha value is -1.44. The zero-order valence-corrected chi connectivity index (χ0v) is 7.00. The molecular formula is C10H11NO. The molecule has 0 amide bonds. The number of fused-ring (bicyclic) bond motifs is 1. The molecule has 0 aliphatic heterocycles. The number of allylic oxidation sites excluding steroid dienone is 2. The minimum Gasteiger partial charge on any atom is -0.501 e. The molecule has 1 heterocycles. The first-order valence-electron chi connectivity index (χ1n) is 3.98. The van der Waals surface area contributed by atoms with Crippen LogP contribution in [0.4, 0.5) is 0 Å². The molecule has 0 radical (unpaired) electrons. The molecule has 0 bridgehead atoms. The third kappa shape index (κ3) is 1.16. The van der Waals surface area contributed by atoms with E-state index in [1.54, 1.807) is 7.11 Å². The van der Waals surface area contributed by atoms with Crippen LogP contribution in [0.3, 0.4) is 0 Å². The second-order valence-electron chi connectivity index (χ2n) is 2.76. The highest BCUT2D eigenvalue weighted by molar-refractivity contribution is 5.44. The lowest BCUT2D eigenvalue weighted by molar-refractivity contribution is 0.287. The quantitative estimate of drug-likeness (QED) is 0.637. The molecule has 0 saturated heterocycles. The third-order valence-corrected chi connectivity index (χ3v) is 2.03. The van der Waals surface area contributed by atoms with Crippen LogP contribution in [0.5, 0.6) is 0 Å². The van der Waals surface area contributed by atoms with E-state index in [-0.39, 0.29) is 0 Å². The highest BCUT2D eigenvalue weighted by Gasteiger charge is 1.95. The highest BCUT2D eigenvalue weighted by atomic mass is 16.5. The Morgan fingerprint density at radius 2 is 2.33 bits per heavy atom. The second-order valence-corrected chi connectivity index (χ2v) is 2.76.